The zero-order chi connectivity index (χ0) is 21.2. The van der Waals surface area contributed by atoms with E-state index in [0.29, 0.717) is 17.1 Å². The highest BCUT2D eigenvalue weighted by molar-refractivity contribution is 6.31. The molecule has 0 aliphatic carbocycles. The molecule has 152 valence electrons. The van der Waals surface area contributed by atoms with Crippen LogP contribution in [0.3, 0.4) is 0 Å². The number of nitrogens with zero attached hydrogens (tertiary/aromatic N) is 1. The topological polar surface area (TPSA) is 20.3 Å². The summed E-state index contributed by atoms with van der Waals surface area (Å²) in [7, 11) is 0. The lowest BCUT2D eigenvalue weighted by atomic mass is 9.87. The lowest BCUT2D eigenvalue weighted by Gasteiger charge is -2.38. The van der Waals surface area contributed by atoms with Gasteiger partial charge in [-0.05, 0) is 52.4 Å². The Labute approximate surface area is 187 Å². The number of halogens is 1. The Morgan fingerprint density at radius 1 is 0.710 bits per heavy atom. The van der Waals surface area contributed by atoms with E-state index in [1.165, 1.54) is 5.56 Å². The number of fused-ring (bicyclic) bond motifs is 1. The van der Waals surface area contributed by atoms with Crippen LogP contribution in [-0.4, -0.2) is 17.4 Å². The van der Waals surface area contributed by atoms with E-state index in [0.717, 1.165) is 28.7 Å². The van der Waals surface area contributed by atoms with Gasteiger partial charge in [0, 0.05) is 17.1 Å². The van der Waals surface area contributed by atoms with Crippen molar-refractivity contribution in [3.05, 3.63) is 130 Å². The molecule has 0 aromatic heterocycles. The van der Waals surface area contributed by atoms with Gasteiger partial charge in [0.05, 0.1) is 6.04 Å². The molecule has 1 heterocycles. The molecule has 4 aromatic carbocycles. The SMILES string of the molecule is O=C(c1ccc(-c2ccccc2)cc1)N1CCc2ccccc2[C@@H]1c1ccccc1Cl. The van der Waals surface area contributed by atoms with Crippen molar-refractivity contribution in [3.63, 3.8) is 0 Å². The first-order valence-electron chi connectivity index (χ1n) is 10.5. The molecule has 0 bridgehead atoms. The Kier molecular flexibility index (Phi) is 5.31. The highest BCUT2D eigenvalue weighted by Gasteiger charge is 2.33. The van der Waals surface area contributed by atoms with E-state index in [2.05, 4.69) is 30.3 Å². The summed E-state index contributed by atoms with van der Waals surface area (Å²) in [6.07, 6.45) is 0.838. The maximum absolute atomic E-state index is 13.6. The van der Waals surface area contributed by atoms with E-state index in [-0.39, 0.29) is 11.9 Å². The second kappa shape index (κ2) is 8.41. The van der Waals surface area contributed by atoms with Gasteiger partial charge in [-0.15, -0.1) is 0 Å². The summed E-state index contributed by atoms with van der Waals surface area (Å²) in [5.41, 5.74) is 6.32. The average Bonchev–Trinajstić information content (AvgIpc) is 2.84. The van der Waals surface area contributed by atoms with Gasteiger partial charge < -0.3 is 4.90 Å². The third-order valence-electron chi connectivity index (χ3n) is 5.98. The molecule has 0 saturated heterocycles. The molecule has 0 N–H and O–H groups in total. The van der Waals surface area contributed by atoms with Gasteiger partial charge in [0.1, 0.15) is 0 Å². The minimum atomic E-state index is -0.194. The van der Waals surface area contributed by atoms with Crippen LogP contribution in [0.25, 0.3) is 11.1 Å². The van der Waals surface area contributed by atoms with E-state index in [9.17, 15) is 4.79 Å². The van der Waals surface area contributed by atoms with Gasteiger partial charge >= 0.3 is 0 Å². The quantitative estimate of drug-likeness (QED) is 0.355. The molecule has 1 atom stereocenters. The van der Waals surface area contributed by atoms with Crippen molar-refractivity contribution in [3.8, 4) is 11.1 Å². The van der Waals surface area contributed by atoms with Crippen molar-refractivity contribution in [1.29, 1.82) is 0 Å². The van der Waals surface area contributed by atoms with E-state index < -0.39 is 0 Å². The fourth-order valence-electron chi connectivity index (χ4n) is 4.42. The number of carbonyl (C=O) groups is 1. The van der Waals surface area contributed by atoms with Crippen LogP contribution in [-0.2, 0) is 6.42 Å². The van der Waals surface area contributed by atoms with Gasteiger partial charge in [-0.3, -0.25) is 4.79 Å². The van der Waals surface area contributed by atoms with E-state index in [4.69, 9.17) is 11.6 Å². The predicted molar refractivity (Wildman–Crippen MR) is 126 cm³/mol. The molecule has 0 radical (unpaired) electrons. The summed E-state index contributed by atoms with van der Waals surface area (Å²) >= 11 is 6.59. The third-order valence-corrected chi connectivity index (χ3v) is 6.33. The summed E-state index contributed by atoms with van der Waals surface area (Å²) in [4.78, 5) is 15.6. The molecule has 3 heteroatoms. The van der Waals surface area contributed by atoms with Crippen molar-refractivity contribution >= 4 is 17.5 Å². The molecule has 2 nitrogen and oxygen atoms in total. The number of carbonyl (C=O) groups excluding carboxylic acids is 1. The lowest BCUT2D eigenvalue weighted by Crippen LogP contribution is -2.40. The van der Waals surface area contributed by atoms with Crippen LogP contribution in [0.4, 0.5) is 0 Å². The fourth-order valence-corrected chi connectivity index (χ4v) is 4.66. The van der Waals surface area contributed by atoms with Crippen LogP contribution < -0.4 is 0 Å². The van der Waals surface area contributed by atoms with E-state index in [1.54, 1.807) is 0 Å². The van der Waals surface area contributed by atoms with Crippen molar-refractivity contribution < 1.29 is 4.79 Å². The van der Waals surface area contributed by atoms with Gasteiger partial charge in [-0.1, -0.05) is 96.5 Å². The second-order valence-electron chi connectivity index (χ2n) is 7.81. The van der Waals surface area contributed by atoms with Crippen LogP contribution in [0.1, 0.15) is 33.1 Å². The number of rotatable bonds is 3. The first-order valence-corrected chi connectivity index (χ1v) is 10.9. The molecule has 5 rings (SSSR count). The molecule has 31 heavy (non-hydrogen) atoms. The fraction of sp³-hybridized carbons (Fsp3) is 0.107. The zero-order valence-corrected chi connectivity index (χ0v) is 17.8. The summed E-state index contributed by atoms with van der Waals surface area (Å²) < 4.78 is 0. The first-order chi connectivity index (χ1) is 15.2. The number of amides is 1. The Hall–Kier alpha value is -3.36. The predicted octanol–water partition coefficient (Wildman–Crippen LogP) is 6.79. The van der Waals surface area contributed by atoms with Crippen molar-refractivity contribution in [1.82, 2.24) is 4.90 Å². The molecule has 0 fully saturated rings. The van der Waals surface area contributed by atoms with Crippen molar-refractivity contribution in [2.75, 3.05) is 6.54 Å². The molecule has 0 unspecified atom stereocenters. The lowest BCUT2D eigenvalue weighted by molar-refractivity contribution is 0.0694. The highest BCUT2D eigenvalue weighted by atomic mass is 35.5. The summed E-state index contributed by atoms with van der Waals surface area (Å²) in [5, 5.41) is 0.682. The van der Waals surface area contributed by atoms with Crippen LogP contribution in [0, 0.1) is 0 Å². The Morgan fingerprint density at radius 3 is 2.06 bits per heavy atom. The van der Waals surface area contributed by atoms with E-state index in [1.807, 2.05) is 77.7 Å². The molecule has 1 aliphatic heterocycles. The van der Waals surface area contributed by atoms with Gasteiger partial charge in [-0.2, -0.15) is 0 Å². The Morgan fingerprint density at radius 2 is 1.32 bits per heavy atom. The van der Waals surface area contributed by atoms with Crippen LogP contribution in [0.2, 0.25) is 5.02 Å². The van der Waals surface area contributed by atoms with Gasteiger partial charge in [0.15, 0.2) is 0 Å². The summed E-state index contributed by atoms with van der Waals surface area (Å²) in [6, 6.07) is 34.1. The molecule has 0 spiro atoms. The number of hydrogen-bond acceptors (Lipinski definition) is 1. The molecule has 0 saturated carbocycles. The average molecular weight is 424 g/mol. The third kappa shape index (κ3) is 3.75. The summed E-state index contributed by atoms with van der Waals surface area (Å²) in [5.74, 6) is 0.0269. The Balaban J connectivity index is 1.52. The maximum Gasteiger partial charge on any atom is 0.254 e. The van der Waals surface area contributed by atoms with E-state index >= 15 is 0 Å². The van der Waals surface area contributed by atoms with Crippen LogP contribution >= 0.6 is 11.6 Å². The summed E-state index contributed by atoms with van der Waals surface area (Å²) in [6.45, 7) is 0.659. The minimum absolute atomic E-state index is 0.0269. The van der Waals surface area contributed by atoms with Crippen molar-refractivity contribution in [2.24, 2.45) is 0 Å². The van der Waals surface area contributed by atoms with Gasteiger partial charge in [0.2, 0.25) is 0 Å². The molecular weight excluding hydrogens is 402 g/mol. The van der Waals surface area contributed by atoms with Crippen molar-refractivity contribution in [2.45, 2.75) is 12.5 Å². The second-order valence-corrected chi connectivity index (χ2v) is 8.22. The van der Waals surface area contributed by atoms with Crippen LogP contribution in [0.5, 0.6) is 0 Å². The highest BCUT2D eigenvalue weighted by Crippen LogP contribution is 2.39. The first kappa shape index (κ1) is 19.6. The standard InChI is InChI=1S/C28H22ClNO/c29-26-13-7-6-12-25(26)27-24-11-5-4-10-22(24)18-19-30(27)28(31)23-16-14-21(15-17-23)20-8-2-1-3-9-20/h1-17,27H,18-19H2/t27-/m1/s1. The minimum Gasteiger partial charge on any atom is -0.327 e. The zero-order valence-electron chi connectivity index (χ0n) is 17.0. The van der Waals surface area contributed by atoms with Gasteiger partial charge in [0.25, 0.3) is 5.91 Å². The number of hydrogen-bond donors (Lipinski definition) is 0. The monoisotopic (exact) mass is 423 g/mol. The van der Waals surface area contributed by atoms with Gasteiger partial charge in [-0.25, -0.2) is 0 Å². The number of benzene rings is 4. The maximum atomic E-state index is 13.6. The molecule has 1 aliphatic rings. The normalized spacial score (nSPS) is 15.4. The Bertz CT molecular complexity index is 1220. The molecule has 4 aromatic rings. The molecule has 1 amide bonds. The largest absolute Gasteiger partial charge is 0.327 e. The smallest absolute Gasteiger partial charge is 0.254 e. The van der Waals surface area contributed by atoms with Crippen LogP contribution in [0.15, 0.2) is 103 Å². The molecular formula is C28H22ClNO.